The van der Waals surface area contributed by atoms with Gasteiger partial charge in [-0.15, -0.1) is 0 Å². The predicted molar refractivity (Wildman–Crippen MR) is 59.4 cm³/mol. The normalized spacial score (nSPS) is 23.8. The summed E-state index contributed by atoms with van der Waals surface area (Å²) in [5, 5.41) is 12.8. The van der Waals surface area contributed by atoms with Crippen LogP contribution in [0.2, 0.25) is 0 Å². The molecule has 1 atom stereocenters. The van der Waals surface area contributed by atoms with Crippen LogP contribution in [0.3, 0.4) is 0 Å². The monoisotopic (exact) mass is 219 g/mol. The maximum atomic E-state index is 12.0. The van der Waals surface area contributed by atoms with Crippen molar-refractivity contribution in [3.05, 3.63) is 35.9 Å². The Labute approximate surface area is 93.5 Å². The molecule has 1 heterocycles. The summed E-state index contributed by atoms with van der Waals surface area (Å²) >= 11 is 0. The van der Waals surface area contributed by atoms with E-state index in [2.05, 4.69) is 5.16 Å². The van der Waals surface area contributed by atoms with Crippen LogP contribution in [0, 0.1) is 0 Å². The molecule has 2 rings (SSSR count). The third-order valence-electron chi connectivity index (χ3n) is 2.55. The Morgan fingerprint density at radius 3 is 2.75 bits per heavy atom. The van der Waals surface area contributed by atoms with E-state index < -0.39 is 5.60 Å². The molecule has 84 valence electrons. The molecular weight excluding hydrogens is 206 g/mol. The average molecular weight is 219 g/mol. The zero-order valence-corrected chi connectivity index (χ0v) is 9.01. The van der Waals surface area contributed by atoms with Gasteiger partial charge in [-0.25, -0.2) is 0 Å². The van der Waals surface area contributed by atoms with Crippen LogP contribution >= 0.6 is 0 Å². The van der Waals surface area contributed by atoms with Crippen LogP contribution in [0.5, 0.6) is 0 Å². The van der Waals surface area contributed by atoms with Gasteiger partial charge >= 0.3 is 0 Å². The first kappa shape index (κ1) is 10.8. The second kappa shape index (κ2) is 4.06. The molecular formula is C12H13NO3. The fraction of sp³-hybridized carbons (Fsp3) is 0.333. The van der Waals surface area contributed by atoms with Crippen molar-refractivity contribution >= 4 is 11.5 Å². The summed E-state index contributed by atoms with van der Waals surface area (Å²) in [7, 11) is 0. The van der Waals surface area contributed by atoms with Crippen LogP contribution in [0.1, 0.15) is 23.7 Å². The van der Waals surface area contributed by atoms with Crippen molar-refractivity contribution < 1.29 is 14.7 Å². The summed E-state index contributed by atoms with van der Waals surface area (Å²) in [5.41, 5.74) is 0.203. The largest absolute Gasteiger partial charge is 0.392 e. The fourth-order valence-electron chi connectivity index (χ4n) is 1.55. The molecule has 0 saturated carbocycles. The molecule has 1 aromatic rings. The highest BCUT2D eigenvalue weighted by atomic mass is 16.7. The van der Waals surface area contributed by atoms with Gasteiger partial charge in [0, 0.05) is 12.0 Å². The summed E-state index contributed by atoms with van der Waals surface area (Å²) in [6.07, 6.45) is 0.344. The van der Waals surface area contributed by atoms with Crippen LogP contribution < -0.4 is 0 Å². The number of oxime groups is 1. The van der Waals surface area contributed by atoms with E-state index in [4.69, 9.17) is 9.94 Å². The fourth-order valence-corrected chi connectivity index (χ4v) is 1.55. The molecule has 4 nitrogen and oxygen atoms in total. The summed E-state index contributed by atoms with van der Waals surface area (Å²) < 4.78 is 0. The number of carbonyl (C=O) groups excluding carboxylic acids is 1. The van der Waals surface area contributed by atoms with Crippen LogP contribution in [-0.2, 0) is 4.84 Å². The Hall–Kier alpha value is -1.68. The number of aliphatic hydroxyl groups is 1. The zero-order valence-electron chi connectivity index (χ0n) is 9.01. The Bertz CT molecular complexity index is 427. The molecule has 0 fully saturated rings. The topological polar surface area (TPSA) is 58.9 Å². The summed E-state index contributed by atoms with van der Waals surface area (Å²) in [6.45, 7) is 1.57. The number of hydrogen-bond acceptors (Lipinski definition) is 4. The van der Waals surface area contributed by atoms with Crippen molar-refractivity contribution in [3.8, 4) is 0 Å². The minimum absolute atomic E-state index is 0.141. The van der Waals surface area contributed by atoms with Gasteiger partial charge in [-0.2, -0.15) is 0 Å². The van der Waals surface area contributed by atoms with Gasteiger partial charge in [0.2, 0.25) is 5.78 Å². The van der Waals surface area contributed by atoms with Crippen molar-refractivity contribution in [2.24, 2.45) is 5.16 Å². The van der Waals surface area contributed by atoms with Crippen LogP contribution in [0.4, 0.5) is 0 Å². The van der Waals surface area contributed by atoms with Gasteiger partial charge < -0.3 is 9.94 Å². The first-order valence-electron chi connectivity index (χ1n) is 5.10. The quantitative estimate of drug-likeness (QED) is 0.781. The van der Waals surface area contributed by atoms with Crippen molar-refractivity contribution in [3.63, 3.8) is 0 Å². The second-order valence-corrected chi connectivity index (χ2v) is 4.11. The zero-order chi connectivity index (χ0) is 11.6. The van der Waals surface area contributed by atoms with Gasteiger partial charge in [-0.1, -0.05) is 35.5 Å². The number of nitrogens with zero attached hydrogens (tertiary/aromatic N) is 1. The third-order valence-corrected chi connectivity index (χ3v) is 2.55. The lowest BCUT2D eigenvalue weighted by Gasteiger charge is -2.16. The highest BCUT2D eigenvalue weighted by molar-refractivity contribution is 6.46. The molecule has 0 saturated heterocycles. The third kappa shape index (κ3) is 1.97. The average Bonchev–Trinajstić information content (AvgIpc) is 2.73. The standard InChI is InChI=1S/C12H13NO3/c1-12(8-14)7-10(13-16-12)11(15)9-5-3-2-4-6-9/h2-6,14H,7-8H2,1H3. The van der Waals surface area contributed by atoms with E-state index in [-0.39, 0.29) is 12.4 Å². The Kier molecular flexibility index (Phi) is 2.75. The molecule has 4 heteroatoms. The van der Waals surface area contributed by atoms with Gasteiger partial charge in [-0.05, 0) is 6.92 Å². The lowest BCUT2D eigenvalue weighted by Crippen LogP contribution is -2.30. The van der Waals surface area contributed by atoms with Crippen LogP contribution in [0.25, 0.3) is 0 Å². The molecule has 1 aliphatic heterocycles. The second-order valence-electron chi connectivity index (χ2n) is 4.11. The number of ketones is 1. The smallest absolute Gasteiger partial charge is 0.210 e. The Morgan fingerprint density at radius 1 is 1.50 bits per heavy atom. The molecule has 16 heavy (non-hydrogen) atoms. The SMILES string of the molecule is CC1(CO)CC(C(=O)c2ccccc2)=NO1. The maximum absolute atomic E-state index is 12.0. The number of benzene rings is 1. The maximum Gasteiger partial charge on any atom is 0.210 e. The molecule has 0 aromatic heterocycles. The van der Waals surface area contributed by atoms with Gasteiger partial charge in [0.1, 0.15) is 5.71 Å². The molecule has 0 radical (unpaired) electrons. The van der Waals surface area contributed by atoms with Crippen molar-refractivity contribution in [1.82, 2.24) is 0 Å². The minimum atomic E-state index is -0.750. The number of Topliss-reactive ketones (excluding diaryl/α,β-unsaturated/α-hetero) is 1. The lowest BCUT2D eigenvalue weighted by molar-refractivity contribution is -0.0428. The van der Waals surface area contributed by atoms with E-state index in [1.54, 1.807) is 31.2 Å². The van der Waals surface area contributed by atoms with Crippen molar-refractivity contribution in [2.75, 3.05) is 6.61 Å². The molecule has 1 aromatic carbocycles. The summed E-state index contributed by atoms with van der Waals surface area (Å²) in [5.74, 6) is -0.141. The minimum Gasteiger partial charge on any atom is -0.392 e. The number of hydrogen-bond donors (Lipinski definition) is 1. The van der Waals surface area contributed by atoms with E-state index in [1.807, 2.05) is 6.07 Å². The highest BCUT2D eigenvalue weighted by Crippen LogP contribution is 2.24. The Balaban J connectivity index is 2.14. The highest BCUT2D eigenvalue weighted by Gasteiger charge is 2.36. The molecule has 1 aliphatic rings. The van der Waals surface area contributed by atoms with E-state index in [0.717, 1.165) is 0 Å². The van der Waals surface area contributed by atoms with E-state index >= 15 is 0 Å². The number of carbonyl (C=O) groups is 1. The van der Waals surface area contributed by atoms with Crippen LogP contribution in [0.15, 0.2) is 35.5 Å². The van der Waals surface area contributed by atoms with Crippen molar-refractivity contribution in [1.29, 1.82) is 0 Å². The van der Waals surface area contributed by atoms with E-state index in [0.29, 0.717) is 17.7 Å². The molecule has 0 spiro atoms. The summed E-state index contributed by atoms with van der Waals surface area (Å²) in [4.78, 5) is 17.0. The molecule has 0 bridgehead atoms. The van der Waals surface area contributed by atoms with Gasteiger partial charge in [0.15, 0.2) is 5.60 Å². The van der Waals surface area contributed by atoms with Gasteiger partial charge in [0.25, 0.3) is 0 Å². The number of rotatable bonds is 3. The first-order valence-corrected chi connectivity index (χ1v) is 5.10. The lowest BCUT2D eigenvalue weighted by atomic mass is 9.96. The first-order chi connectivity index (χ1) is 7.64. The van der Waals surface area contributed by atoms with E-state index in [9.17, 15) is 4.79 Å². The molecule has 0 aliphatic carbocycles. The molecule has 1 unspecified atom stereocenters. The Morgan fingerprint density at radius 2 is 2.19 bits per heavy atom. The van der Waals surface area contributed by atoms with Gasteiger partial charge in [0.05, 0.1) is 6.61 Å². The molecule has 1 N–H and O–H groups in total. The van der Waals surface area contributed by atoms with Crippen LogP contribution in [-0.4, -0.2) is 28.8 Å². The number of aliphatic hydroxyl groups excluding tert-OH is 1. The predicted octanol–water partition coefficient (Wildman–Crippen LogP) is 1.40. The summed E-state index contributed by atoms with van der Waals surface area (Å²) in [6, 6.07) is 8.92. The molecule has 0 amide bonds. The van der Waals surface area contributed by atoms with Gasteiger partial charge in [-0.3, -0.25) is 4.79 Å². The van der Waals surface area contributed by atoms with E-state index in [1.165, 1.54) is 0 Å². The van der Waals surface area contributed by atoms with Crippen molar-refractivity contribution in [2.45, 2.75) is 18.9 Å².